The van der Waals surface area contributed by atoms with Crippen LogP contribution in [0.2, 0.25) is 0 Å². The van der Waals surface area contributed by atoms with Crippen molar-refractivity contribution in [2.45, 2.75) is 39.7 Å². The predicted octanol–water partition coefficient (Wildman–Crippen LogP) is 0.683. The third kappa shape index (κ3) is 2.97. The van der Waals surface area contributed by atoms with Gasteiger partial charge in [-0.15, -0.1) is 0 Å². The lowest BCUT2D eigenvalue weighted by molar-refractivity contribution is -0.151. The number of rotatable bonds is 3. The zero-order chi connectivity index (χ0) is 13.2. The van der Waals surface area contributed by atoms with Gasteiger partial charge in [-0.3, -0.25) is 9.59 Å². The molecule has 1 aliphatic heterocycles. The maximum Gasteiger partial charge on any atom is 0.309 e. The highest BCUT2D eigenvalue weighted by atomic mass is 16.4. The zero-order valence-corrected chi connectivity index (χ0v) is 10.8. The van der Waals surface area contributed by atoms with Crippen molar-refractivity contribution in [2.75, 3.05) is 13.1 Å². The fourth-order valence-corrected chi connectivity index (χ4v) is 2.28. The number of aliphatic carboxylic acids is 1. The number of nitrogens with two attached hydrogens (primary N) is 1. The van der Waals surface area contributed by atoms with E-state index in [4.69, 9.17) is 10.8 Å². The fourth-order valence-electron chi connectivity index (χ4n) is 2.28. The van der Waals surface area contributed by atoms with Gasteiger partial charge >= 0.3 is 5.97 Å². The monoisotopic (exact) mass is 242 g/mol. The number of carboxylic acid groups (broad SMARTS) is 1. The van der Waals surface area contributed by atoms with Crippen molar-refractivity contribution >= 4 is 11.9 Å². The van der Waals surface area contributed by atoms with E-state index in [0.717, 1.165) is 12.8 Å². The Bertz CT molecular complexity index is 305. The zero-order valence-electron chi connectivity index (χ0n) is 10.8. The molecule has 0 radical (unpaired) electrons. The molecule has 1 fully saturated rings. The van der Waals surface area contributed by atoms with Gasteiger partial charge < -0.3 is 15.7 Å². The molecule has 17 heavy (non-hydrogen) atoms. The Balaban J connectivity index is 2.57. The average Bonchev–Trinajstić information content (AvgIpc) is 2.27. The highest BCUT2D eigenvalue weighted by Crippen LogP contribution is 2.35. The van der Waals surface area contributed by atoms with Crippen LogP contribution in [-0.4, -0.2) is 41.0 Å². The number of likely N-dealkylation sites (tertiary alicyclic amines) is 1. The third-order valence-electron chi connectivity index (χ3n) is 3.77. The van der Waals surface area contributed by atoms with E-state index in [1.165, 1.54) is 0 Å². The quantitative estimate of drug-likeness (QED) is 0.762. The maximum atomic E-state index is 11.7. The van der Waals surface area contributed by atoms with Crippen molar-refractivity contribution in [1.29, 1.82) is 0 Å². The Morgan fingerprint density at radius 1 is 1.35 bits per heavy atom. The molecule has 0 saturated carbocycles. The first-order valence-corrected chi connectivity index (χ1v) is 6.04. The molecular weight excluding hydrogens is 220 g/mol. The van der Waals surface area contributed by atoms with Crippen LogP contribution < -0.4 is 5.73 Å². The fraction of sp³-hybridized carbons (Fsp3) is 0.833. The summed E-state index contributed by atoms with van der Waals surface area (Å²) < 4.78 is 0. The van der Waals surface area contributed by atoms with Crippen molar-refractivity contribution in [3.05, 3.63) is 0 Å². The minimum Gasteiger partial charge on any atom is -0.481 e. The Kier molecular flexibility index (Phi) is 4.14. The molecule has 0 aromatic rings. The van der Waals surface area contributed by atoms with E-state index in [-0.39, 0.29) is 11.8 Å². The van der Waals surface area contributed by atoms with Crippen LogP contribution in [0.1, 0.15) is 33.6 Å². The number of hydrogen-bond donors (Lipinski definition) is 2. The summed E-state index contributed by atoms with van der Waals surface area (Å²) in [5, 5.41) is 9.16. The van der Waals surface area contributed by atoms with Gasteiger partial charge in [0, 0.05) is 13.1 Å². The van der Waals surface area contributed by atoms with E-state index in [1.807, 2.05) is 0 Å². The van der Waals surface area contributed by atoms with Crippen LogP contribution in [-0.2, 0) is 9.59 Å². The van der Waals surface area contributed by atoms with Gasteiger partial charge in [0.2, 0.25) is 5.91 Å². The molecule has 0 aromatic carbocycles. The Hall–Kier alpha value is -1.10. The van der Waals surface area contributed by atoms with Gasteiger partial charge in [-0.05, 0) is 39.5 Å². The average molecular weight is 242 g/mol. The third-order valence-corrected chi connectivity index (χ3v) is 3.77. The van der Waals surface area contributed by atoms with Gasteiger partial charge in [-0.25, -0.2) is 0 Å². The van der Waals surface area contributed by atoms with Crippen molar-refractivity contribution in [2.24, 2.45) is 17.1 Å². The molecule has 1 heterocycles. The summed E-state index contributed by atoms with van der Waals surface area (Å²) in [7, 11) is 0. The van der Waals surface area contributed by atoms with Gasteiger partial charge in [0.1, 0.15) is 0 Å². The summed E-state index contributed by atoms with van der Waals surface area (Å²) in [5.74, 6) is -0.691. The summed E-state index contributed by atoms with van der Waals surface area (Å²) in [6, 6.07) is -0.473. The normalized spacial score (nSPS) is 20.1. The first kappa shape index (κ1) is 14.0. The van der Waals surface area contributed by atoms with Crippen molar-refractivity contribution < 1.29 is 14.7 Å². The SMILES string of the molecule is C[C@H](N)C(=O)N1CCC(C(C)(C)C(=O)O)CC1. The minimum absolute atomic E-state index is 0.0448. The number of carbonyl (C=O) groups is 2. The van der Waals surface area contributed by atoms with Crippen LogP contribution in [0.5, 0.6) is 0 Å². The van der Waals surface area contributed by atoms with E-state index in [9.17, 15) is 9.59 Å². The molecule has 0 aromatic heterocycles. The molecule has 1 amide bonds. The molecular formula is C12H22N2O3. The van der Waals surface area contributed by atoms with Crippen LogP contribution in [0.25, 0.3) is 0 Å². The predicted molar refractivity (Wildman–Crippen MR) is 64.4 cm³/mol. The number of carbonyl (C=O) groups excluding carboxylic acids is 1. The van der Waals surface area contributed by atoms with Crippen molar-refractivity contribution in [3.8, 4) is 0 Å². The van der Waals surface area contributed by atoms with E-state index in [2.05, 4.69) is 0 Å². The van der Waals surface area contributed by atoms with E-state index < -0.39 is 17.4 Å². The molecule has 0 spiro atoms. The summed E-state index contributed by atoms with van der Waals surface area (Å²) in [6.07, 6.45) is 1.47. The standard InChI is InChI=1S/C12H22N2O3/c1-8(13)10(15)14-6-4-9(5-7-14)12(2,3)11(16)17/h8-9H,4-7,13H2,1-3H3,(H,16,17)/t8-/m0/s1. The lowest BCUT2D eigenvalue weighted by Crippen LogP contribution is -2.48. The number of amides is 1. The van der Waals surface area contributed by atoms with Gasteiger partial charge in [0.25, 0.3) is 0 Å². The second kappa shape index (κ2) is 5.04. The maximum absolute atomic E-state index is 11.7. The highest BCUT2D eigenvalue weighted by molar-refractivity contribution is 5.81. The van der Waals surface area contributed by atoms with E-state index in [1.54, 1.807) is 25.7 Å². The molecule has 1 aliphatic rings. The van der Waals surface area contributed by atoms with Gasteiger partial charge in [0.05, 0.1) is 11.5 Å². The van der Waals surface area contributed by atoms with Gasteiger partial charge in [-0.2, -0.15) is 0 Å². The Morgan fingerprint density at radius 2 is 1.82 bits per heavy atom. The largest absolute Gasteiger partial charge is 0.481 e. The molecule has 0 unspecified atom stereocenters. The second-order valence-corrected chi connectivity index (χ2v) is 5.42. The highest BCUT2D eigenvalue weighted by Gasteiger charge is 2.39. The molecule has 1 saturated heterocycles. The molecule has 0 aliphatic carbocycles. The summed E-state index contributed by atoms with van der Waals surface area (Å²) in [5.41, 5.74) is 4.83. The summed E-state index contributed by atoms with van der Waals surface area (Å²) in [4.78, 5) is 24.6. The first-order chi connectivity index (χ1) is 7.76. The van der Waals surface area contributed by atoms with Crippen LogP contribution in [0.15, 0.2) is 0 Å². The molecule has 5 heteroatoms. The molecule has 1 rings (SSSR count). The lowest BCUT2D eigenvalue weighted by atomic mass is 9.73. The number of hydrogen-bond acceptors (Lipinski definition) is 3. The summed E-state index contributed by atoms with van der Waals surface area (Å²) in [6.45, 7) is 6.41. The Labute approximate surface area is 102 Å². The van der Waals surface area contributed by atoms with E-state index in [0.29, 0.717) is 13.1 Å². The number of nitrogens with zero attached hydrogens (tertiary/aromatic N) is 1. The molecule has 0 bridgehead atoms. The van der Waals surface area contributed by atoms with Crippen LogP contribution >= 0.6 is 0 Å². The summed E-state index contributed by atoms with van der Waals surface area (Å²) >= 11 is 0. The Morgan fingerprint density at radius 3 is 2.18 bits per heavy atom. The smallest absolute Gasteiger partial charge is 0.309 e. The van der Waals surface area contributed by atoms with Crippen LogP contribution in [0, 0.1) is 11.3 Å². The van der Waals surface area contributed by atoms with Gasteiger partial charge in [0.15, 0.2) is 0 Å². The van der Waals surface area contributed by atoms with Crippen LogP contribution in [0.3, 0.4) is 0 Å². The van der Waals surface area contributed by atoms with Crippen LogP contribution in [0.4, 0.5) is 0 Å². The first-order valence-electron chi connectivity index (χ1n) is 6.04. The van der Waals surface area contributed by atoms with Crippen molar-refractivity contribution in [3.63, 3.8) is 0 Å². The molecule has 3 N–H and O–H groups in total. The topological polar surface area (TPSA) is 83.6 Å². The minimum atomic E-state index is -0.769. The molecule has 5 nitrogen and oxygen atoms in total. The van der Waals surface area contributed by atoms with Gasteiger partial charge in [-0.1, -0.05) is 0 Å². The molecule has 1 atom stereocenters. The van der Waals surface area contributed by atoms with E-state index >= 15 is 0 Å². The van der Waals surface area contributed by atoms with Crippen molar-refractivity contribution in [1.82, 2.24) is 4.90 Å². The lowest BCUT2D eigenvalue weighted by Gasteiger charge is -2.38. The number of piperidine rings is 1. The molecule has 98 valence electrons. The number of carboxylic acids is 1. The second-order valence-electron chi connectivity index (χ2n) is 5.42.